The molecule has 2 atom stereocenters. The fourth-order valence-corrected chi connectivity index (χ4v) is 4.18. The molecule has 1 amide bonds. The van der Waals surface area contributed by atoms with Crippen LogP contribution < -0.4 is 21.7 Å². The van der Waals surface area contributed by atoms with Crippen LogP contribution in [0.4, 0.5) is 17.3 Å². The molecule has 0 aromatic carbocycles. The van der Waals surface area contributed by atoms with E-state index in [-0.39, 0.29) is 11.9 Å². The van der Waals surface area contributed by atoms with Crippen LogP contribution in [0.5, 0.6) is 0 Å². The van der Waals surface area contributed by atoms with Crippen LogP contribution in [0.2, 0.25) is 0 Å². The highest BCUT2D eigenvalue weighted by Crippen LogP contribution is 2.46. The average Bonchev–Trinajstić information content (AvgIpc) is 3.17. The molecule has 1 aliphatic heterocycles. The van der Waals surface area contributed by atoms with E-state index in [0.29, 0.717) is 22.9 Å². The Morgan fingerprint density at radius 2 is 1.88 bits per heavy atom. The number of hydrogen-bond donors (Lipinski definition) is 3. The summed E-state index contributed by atoms with van der Waals surface area (Å²) in [7, 11) is 0. The predicted octanol–water partition coefficient (Wildman–Crippen LogP) is 2.01. The van der Waals surface area contributed by atoms with Crippen molar-refractivity contribution in [2.45, 2.75) is 45.1 Å². The smallest absolute Gasteiger partial charge is 0.255 e. The van der Waals surface area contributed by atoms with Crippen molar-refractivity contribution in [3.05, 3.63) is 11.6 Å². The van der Waals surface area contributed by atoms with Gasteiger partial charge in [0.15, 0.2) is 0 Å². The second kappa shape index (κ2) is 5.83. The lowest BCUT2D eigenvalue weighted by Gasteiger charge is -2.28. The van der Waals surface area contributed by atoms with Gasteiger partial charge in [0.05, 0.1) is 11.3 Å². The summed E-state index contributed by atoms with van der Waals surface area (Å²) in [6.45, 7) is 4.23. The lowest BCUT2D eigenvalue weighted by atomic mass is 9.87. The maximum Gasteiger partial charge on any atom is 0.255 e. The van der Waals surface area contributed by atoms with E-state index in [1.54, 1.807) is 6.07 Å². The number of fused-ring (bicyclic) bond motifs is 1. The Labute approximate surface area is 143 Å². The van der Waals surface area contributed by atoms with Crippen molar-refractivity contribution in [1.29, 1.82) is 0 Å². The number of hydrogen-bond acceptors (Lipinski definition) is 5. The van der Waals surface area contributed by atoms with Gasteiger partial charge >= 0.3 is 0 Å². The van der Waals surface area contributed by atoms with Gasteiger partial charge in [-0.3, -0.25) is 4.79 Å². The number of pyridine rings is 1. The molecule has 2 unspecified atom stereocenters. The molecule has 2 aliphatic carbocycles. The van der Waals surface area contributed by atoms with Crippen molar-refractivity contribution in [1.82, 2.24) is 10.3 Å². The van der Waals surface area contributed by atoms with Gasteiger partial charge in [-0.25, -0.2) is 4.98 Å². The predicted molar refractivity (Wildman–Crippen MR) is 95.8 cm³/mol. The van der Waals surface area contributed by atoms with Crippen LogP contribution in [-0.4, -0.2) is 30.0 Å². The number of nitrogens with two attached hydrogens (primary N) is 2. The van der Waals surface area contributed by atoms with E-state index in [0.717, 1.165) is 43.7 Å². The summed E-state index contributed by atoms with van der Waals surface area (Å²) in [6, 6.07) is 1.95. The van der Waals surface area contributed by atoms with Gasteiger partial charge in [0.1, 0.15) is 11.6 Å². The zero-order valence-corrected chi connectivity index (χ0v) is 14.3. The Balaban J connectivity index is 1.54. The molecular formula is C18H27N5O. The summed E-state index contributed by atoms with van der Waals surface area (Å²) >= 11 is 0. The number of rotatable bonds is 3. The number of amides is 1. The molecule has 1 aromatic rings. The molecule has 4 rings (SSSR count). The Morgan fingerprint density at radius 3 is 2.54 bits per heavy atom. The normalized spacial score (nSPS) is 31.6. The standard InChI is InChI=1S/C18H27N5O/c1-10-2-4-13(5-3-10)21-18(24)14-7-15(19)16(20)22-17(14)23-8-11-6-12(11)9-23/h7,10-13H,2-6,8-9,19H2,1H3,(H2,20,22)(H,21,24). The topological polar surface area (TPSA) is 97.3 Å². The number of nitrogens with zero attached hydrogens (tertiary/aromatic N) is 2. The molecule has 1 aromatic heterocycles. The van der Waals surface area contributed by atoms with Crippen LogP contribution in [0.25, 0.3) is 0 Å². The first-order chi connectivity index (χ1) is 11.5. The second-order valence-corrected chi connectivity index (χ2v) is 7.93. The number of aromatic nitrogens is 1. The van der Waals surface area contributed by atoms with Gasteiger partial charge in [-0.15, -0.1) is 0 Å². The molecule has 3 fully saturated rings. The van der Waals surface area contributed by atoms with E-state index in [4.69, 9.17) is 11.5 Å². The molecule has 2 heterocycles. The summed E-state index contributed by atoms with van der Waals surface area (Å²) in [5, 5.41) is 3.19. The Kier molecular flexibility index (Phi) is 3.77. The van der Waals surface area contributed by atoms with Crippen LogP contribution >= 0.6 is 0 Å². The molecular weight excluding hydrogens is 302 g/mol. The molecule has 130 valence electrons. The second-order valence-electron chi connectivity index (χ2n) is 7.93. The van der Waals surface area contributed by atoms with Crippen molar-refractivity contribution < 1.29 is 4.79 Å². The van der Waals surface area contributed by atoms with Crippen molar-refractivity contribution in [3.63, 3.8) is 0 Å². The first-order valence-electron chi connectivity index (χ1n) is 9.13. The summed E-state index contributed by atoms with van der Waals surface area (Å²) in [5.74, 6) is 3.25. The van der Waals surface area contributed by atoms with Crippen LogP contribution in [0.15, 0.2) is 6.07 Å². The minimum Gasteiger partial charge on any atom is -0.396 e. The quantitative estimate of drug-likeness (QED) is 0.788. The molecule has 6 nitrogen and oxygen atoms in total. The molecule has 1 saturated heterocycles. The molecule has 0 radical (unpaired) electrons. The number of anilines is 3. The SMILES string of the molecule is CC1CCC(NC(=O)c2cc(N)c(N)nc2N2CC3CC3C2)CC1. The van der Waals surface area contributed by atoms with Gasteiger partial charge in [0.2, 0.25) is 0 Å². The van der Waals surface area contributed by atoms with E-state index in [1.807, 2.05) is 0 Å². The van der Waals surface area contributed by atoms with E-state index in [2.05, 4.69) is 22.1 Å². The lowest BCUT2D eigenvalue weighted by molar-refractivity contribution is 0.0923. The number of piperidine rings is 1. The molecule has 3 aliphatic rings. The highest BCUT2D eigenvalue weighted by molar-refractivity contribution is 6.00. The van der Waals surface area contributed by atoms with Gasteiger partial charge in [0, 0.05) is 19.1 Å². The van der Waals surface area contributed by atoms with Crippen molar-refractivity contribution in [2.24, 2.45) is 17.8 Å². The van der Waals surface area contributed by atoms with E-state index < -0.39 is 0 Å². The molecule has 2 saturated carbocycles. The minimum atomic E-state index is -0.0654. The summed E-state index contributed by atoms with van der Waals surface area (Å²) in [6.07, 6.45) is 5.76. The van der Waals surface area contributed by atoms with Crippen LogP contribution in [0.3, 0.4) is 0 Å². The third-order valence-corrected chi connectivity index (χ3v) is 5.94. The lowest BCUT2D eigenvalue weighted by Crippen LogP contribution is -2.38. The Hall–Kier alpha value is -1.98. The van der Waals surface area contributed by atoms with E-state index in [1.165, 1.54) is 19.3 Å². The molecule has 24 heavy (non-hydrogen) atoms. The average molecular weight is 329 g/mol. The van der Waals surface area contributed by atoms with Crippen molar-refractivity contribution >= 4 is 23.2 Å². The number of nitrogens with one attached hydrogen (secondary N) is 1. The molecule has 6 heteroatoms. The number of carbonyl (C=O) groups is 1. The zero-order chi connectivity index (χ0) is 16.8. The number of carbonyl (C=O) groups excluding carboxylic acids is 1. The monoisotopic (exact) mass is 329 g/mol. The van der Waals surface area contributed by atoms with Gasteiger partial charge in [-0.05, 0) is 55.9 Å². The third-order valence-electron chi connectivity index (χ3n) is 5.94. The van der Waals surface area contributed by atoms with Crippen LogP contribution in [0, 0.1) is 17.8 Å². The summed E-state index contributed by atoms with van der Waals surface area (Å²) in [4.78, 5) is 19.5. The minimum absolute atomic E-state index is 0.0654. The third kappa shape index (κ3) is 2.89. The van der Waals surface area contributed by atoms with Gasteiger partial charge in [-0.2, -0.15) is 0 Å². The summed E-state index contributed by atoms with van der Waals surface area (Å²) in [5.41, 5.74) is 12.8. The fourth-order valence-electron chi connectivity index (χ4n) is 4.18. The number of nitrogen functional groups attached to an aromatic ring is 2. The van der Waals surface area contributed by atoms with Gasteiger partial charge in [0.25, 0.3) is 5.91 Å². The summed E-state index contributed by atoms with van der Waals surface area (Å²) < 4.78 is 0. The van der Waals surface area contributed by atoms with Crippen LogP contribution in [-0.2, 0) is 0 Å². The van der Waals surface area contributed by atoms with E-state index in [9.17, 15) is 4.79 Å². The van der Waals surface area contributed by atoms with Crippen molar-refractivity contribution in [3.8, 4) is 0 Å². The maximum absolute atomic E-state index is 12.9. The largest absolute Gasteiger partial charge is 0.396 e. The first-order valence-corrected chi connectivity index (χ1v) is 9.13. The molecule has 0 spiro atoms. The molecule has 0 bridgehead atoms. The zero-order valence-electron chi connectivity index (χ0n) is 14.3. The Morgan fingerprint density at radius 1 is 1.21 bits per heavy atom. The Bertz CT molecular complexity index is 643. The molecule has 5 N–H and O–H groups in total. The van der Waals surface area contributed by atoms with Crippen LogP contribution in [0.1, 0.15) is 49.4 Å². The van der Waals surface area contributed by atoms with Gasteiger partial charge in [-0.1, -0.05) is 6.92 Å². The fraction of sp³-hybridized carbons (Fsp3) is 0.667. The van der Waals surface area contributed by atoms with E-state index >= 15 is 0 Å². The van der Waals surface area contributed by atoms with Crippen molar-refractivity contribution in [2.75, 3.05) is 29.5 Å². The maximum atomic E-state index is 12.9. The highest BCUT2D eigenvalue weighted by atomic mass is 16.1. The highest BCUT2D eigenvalue weighted by Gasteiger charge is 2.46. The van der Waals surface area contributed by atoms with Gasteiger partial charge < -0.3 is 21.7 Å². The first kappa shape index (κ1) is 15.5.